The number of methoxy groups -OCH3 is 2. The first-order valence-electron chi connectivity index (χ1n) is 12.5. The average Bonchev–Trinajstić information content (AvgIpc) is 2.95. The fraction of sp³-hybridized carbons (Fsp3) is 0.267. The third kappa shape index (κ3) is 6.62. The van der Waals surface area contributed by atoms with Gasteiger partial charge in [-0.3, -0.25) is 13.9 Å². The molecule has 0 saturated heterocycles. The molecule has 39 heavy (non-hydrogen) atoms. The van der Waals surface area contributed by atoms with Crippen molar-refractivity contribution in [1.82, 2.24) is 14.5 Å². The van der Waals surface area contributed by atoms with Crippen LogP contribution in [0, 0.1) is 6.92 Å². The number of nitrogens with one attached hydrogen (secondary N) is 1. The molecule has 2 N–H and O–H groups in total. The summed E-state index contributed by atoms with van der Waals surface area (Å²) in [4.78, 5) is 27.9. The molecule has 9 heteroatoms. The van der Waals surface area contributed by atoms with Crippen molar-refractivity contribution >= 4 is 11.8 Å². The summed E-state index contributed by atoms with van der Waals surface area (Å²) >= 11 is 1.61. The molecule has 8 nitrogen and oxygen atoms in total. The Hall–Kier alpha value is -3.79. The molecule has 0 amide bonds. The molecule has 0 saturated carbocycles. The Labute approximate surface area is 231 Å². The third-order valence-corrected chi connectivity index (χ3v) is 7.19. The Kier molecular flexibility index (Phi) is 9.29. The monoisotopic (exact) mass is 547 g/mol. The lowest BCUT2D eigenvalue weighted by Crippen LogP contribution is -2.43. The van der Waals surface area contributed by atoms with Crippen LogP contribution < -0.4 is 26.0 Å². The van der Waals surface area contributed by atoms with Gasteiger partial charge in [-0.25, -0.2) is 4.79 Å². The minimum Gasteiger partial charge on any atom is -0.497 e. The number of hydrogen-bond donors (Lipinski definition) is 2. The number of aliphatic hydroxyl groups excluding tert-OH is 1. The zero-order valence-corrected chi connectivity index (χ0v) is 23.3. The van der Waals surface area contributed by atoms with E-state index in [2.05, 4.69) is 5.32 Å². The van der Waals surface area contributed by atoms with E-state index in [0.717, 1.165) is 26.2 Å². The molecule has 0 aliphatic heterocycles. The summed E-state index contributed by atoms with van der Waals surface area (Å²) in [6.45, 7) is 2.43. The summed E-state index contributed by atoms with van der Waals surface area (Å²) < 4.78 is 13.3. The van der Waals surface area contributed by atoms with E-state index < -0.39 is 17.4 Å². The van der Waals surface area contributed by atoms with E-state index in [-0.39, 0.29) is 13.1 Å². The molecule has 0 aliphatic rings. The minimum atomic E-state index is -0.975. The highest BCUT2D eigenvalue weighted by atomic mass is 32.2. The molecule has 1 unspecified atom stereocenters. The topological polar surface area (TPSA) is 94.7 Å². The molecular formula is C30H33N3O5S. The second-order valence-corrected chi connectivity index (χ2v) is 10.0. The standard InChI is InChI=1S/C30H33N3O5S/c1-20-5-7-21(8-6-20)27-16-29(35)32(30(36)33(27)23-10-13-26(39-4)14-11-23)19-24(34)18-31-17-22-9-12-25(37-2)15-28(22)38-3/h5-16,24,31,34H,17-19H2,1-4H3. The van der Waals surface area contributed by atoms with Crippen LogP contribution in [0.5, 0.6) is 11.5 Å². The normalized spacial score (nSPS) is 11.8. The van der Waals surface area contributed by atoms with Crippen LogP contribution in [0.15, 0.2) is 87.3 Å². The number of aromatic nitrogens is 2. The maximum Gasteiger partial charge on any atom is 0.336 e. The zero-order chi connectivity index (χ0) is 27.9. The Bertz CT molecular complexity index is 1530. The molecule has 204 valence electrons. The number of nitrogens with zero attached hydrogens (tertiary/aromatic N) is 2. The van der Waals surface area contributed by atoms with E-state index in [9.17, 15) is 14.7 Å². The largest absolute Gasteiger partial charge is 0.497 e. The number of hydrogen-bond acceptors (Lipinski definition) is 7. The predicted molar refractivity (Wildman–Crippen MR) is 156 cm³/mol. The van der Waals surface area contributed by atoms with E-state index in [0.29, 0.717) is 29.4 Å². The second-order valence-electron chi connectivity index (χ2n) is 9.12. The van der Waals surface area contributed by atoms with E-state index in [4.69, 9.17) is 9.47 Å². The van der Waals surface area contributed by atoms with Crippen molar-refractivity contribution in [3.63, 3.8) is 0 Å². The summed E-state index contributed by atoms with van der Waals surface area (Å²) in [5, 5.41) is 13.9. The van der Waals surface area contributed by atoms with Crippen molar-refractivity contribution in [3.05, 3.63) is 105 Å². The van der Waals surface area contributed by atoms with Gasteiger partial charge < -0.3 is 19.9 Å². The van der Waals surface area contributed by atoms with Gasteiger partial charge in [0.25, 0.3) is 5.56 Å². The quantitative estimate of drug-likeness (QED) is 0.275. The van der Waals surface area contributed by atoms with Gasteiger partial charge in [0.2, 0.25) is 0 Å². The zero-order valence-electron chi connectivity index (χ0n) is 22.5. The molecule has 0 aliphatic carbocycles. The van der Waals surface area contributed by atoms with Gasteiger partial charge in [-0.1, -0.05) is 35.9 Å². The third-order valence-electron chi connectivity index (χ3n) is 6.45. The molecule has 0 fully saturated rings. The summed E-state index contributed by atoms with van der Waals surface area (Å²) in [5.41, 5.74) is 2.88. The number of aryl methyl sites for hydroxylation is 1. The minimum absolute atomic E-state index is 0.151. The van der Waals surface area contributed by atoms with E-state index in [1.54, 1.807) is 32.0 Å². The van der Waals surface area contributed by atoms with E-state index in [1.807, 2.05) is 73.8 Å². The van der Waals surface area contributed by atoms with Gasteiger partial charge in [-0.05, 0) is 49.1 Å². The van der Waals surface area contributed by atoms with Gasteiger partial charge in [-0.2, -0.15) is 0 Å². The lowest BCUT2D eigenvalue weighted by Gasteiger charge is -2.18. The SMILES string of the molecule is COc1ccc(CNCC(O)Cn2c(=O)cc(-c3ccc(C)cc3)n(-c3ccc(SC)cc3)c2=O)c(OC)c1. The summed E-state index contributed by atoms with van der Waals surface area (Å²) in [7, 11) is 3.17. The Morgan fingerprint density at radius 3 is 2.31 bits per heavy atom. The van der Waals surface area contributed by atoms with Gasteiger partial charge in [0, 0.05) is 35.7 Å². The highest BCUT2D eigenvalue weighted by Crippen LogP contribution is 2.25. The summed E-state index contributed by atoms with van der Waals surface area (Å²) in [5.74, 6) is 1.35. The van der Waals surface area contributed by atoms with Crippen LogP contribution in [-0.4, -0.2) is 47.4 Å². The van der Waals surface area contributed by atoms with Gasteiger partial charge in [0.15, 0.2) is 0 Å². The van der Waals surface area contributed by atoms with Crippen LogP contribution >= 0.6 is 11.8 Å². The van der Waals surface area contributed by atoms with Gasteiger partial charge in [-0.15, -0.1) is 11.8 Å². The Morgan fingerprint density at radius 1 is 0.949 bits per heavy atom. The molecule has 0 bridgehead atoms. The van der Waals surface area contributed by atoms with Crippen molar-refractivity contribution in [2.75, 3.05) is 27.0 Å². The second kappa shape index (κ2) is 12.8. The fourth-order valence-electron chi connectivity index (χ4n) is 4.31. The lowest BCUT2D eigenvalue weighted by molar-refractivity contribution is 0.147. The van der Waals surface area contributed by atoms with Crippen LogP contribution in [0.3, 0.4) is 0 Å². The fourth-order valence-corrected chi connectivity index (χ4v) is 4.72. The van der Waals surface area contributed by atoms with Crippen LogP contribution in [0.1, 0.15) is 11.1 Å². The molecule has 0 radical (unpaired) electrons. The molecule has 1 atom stereocenters. The first kappa shape index (κ1) is 28.2. The van der Waals surface area contributed by atoms with E-state index in [1.165, 1.54) is 10.6 Å². The number of aliphatic hydroxyl groups is 1. The molecular weight excluding hydrogens is 514 g/mol. The summed E-state index contributed by atoms with van der Waals surface area (Å²) in [6, 6.07) is 22.2. The van der Waals surface area contributed by atoms with Gasteiger partial charge >= 0.3 is 5.69 Å². The van der Waals surface area contributed by atoms with Crippen LogP contribution in [0.2, 0.25) is 0 Å². The smallest absolute Gasteiger partial charge is 0.336 e. The van der Waals surface area contributed by atoms with Crippen LogP contribution in [0.4, 0.5) is 0 Å². The van der Waals surface area contributed by atoms with Crippen molar-refractivity contribution in [3.8, 4) is 28.4 Å². The first-order valence-corrected chi connectivity index (χ1v) is 13.7. The number of ether oxygens (including phenoxy) is 2. The maximum absolute atomic E-state index is 13.7. The van der Waals surface area contributed by atoms with Crippen molar-refractivity contribution in [2.24, 2.45) is 0 Å². The van der Waals surface area contributed by atoms with Crippen molar-refractivity contribution < 1.29 is 14.6 Å². The van der Waals surface area contributed by atoms with Crippen LogP contribution in [0.25, 0.3) is 16.9 Å². The first-order chi connectivity index (χ1) is 18.8. The highest BCUT2D eigenvalue weighted by molar-refractivity contribution is 7.98. The van der Waals surface area contributed by atoms with Gasteiger partial charge in [0.05, 0.1) is 38.2 Å². The molecule has 4 aromatic rings. The molecule has 3 aromatic carbocycles. The average molecular weight is 548 g/mol. The highest BCUT2D eigenvalue weighted by Gasteiger charge is 2.17. The molecule has 4 rings (SSSR count). The number of rotatable bonds is 11. The molecule has 1 aromatic heterocycles. The predicted octanol–water partition coefficient (Wildman–Crippen LogP) is 3.86. The lowest BCUT2D eigenvalue weighted by atomic mass is 10.1. The number of thioether (sulfide) groups is 1. The van der Waals surface area contributed by atoms with Crippen LogP contribution in [-0.2, 0) is 13.1 Å². The molecule has 1 heterocycles. The van der Waals surface area contributed by atoms with Crippen molar-refractivity contribution in [2.45, 2.75) is 31.0 Å². The van der Waals surface area contributed by atoms with E-state index >= 15 is 0 Å². The molecule has 0 spiro atoms. The van der Waals surface area contributed by atoms with Gasteiger partial charge in [0.1, 0.15) is 11.5 Å². The Morgan fingerprint density at radius 2 is 1.67 bits per heavy atom. The maximum atomic E-state index is 13.7. The van der Waals surface area contributed by atoms with Crippen molar-refractivity contribution in [1.29, 1.82) is 0 Å². The number of benzene rings is 3. The Balaban J connectivity index is 1.60. The summed E-state index contributed by atoms with van der Waals surface area (Å²) in [6.07, 6.45) is 1.01.